The summed E-state index contributed by atoms with van der Waals surface area (Å²) in [5, 5.41) is 0. The lowest BCUT2D eigenvalue weighted by molar-refractivity contribution is -0.171. The number of benzene rings is 1. The van der Waals surface area contributed by atoms with Gasteiger partial charge in [-0.25, -0.2) is 0 Å². The van der Waals surface area contributed by atoms with Crippen LogP contribution in [0.25, 0.3) is 0 Å². The van der Waals surface area contributed by atoms with Crippen molar-refractivity contribution in [3.8, 4) is 0 Å². The van der Waals surface area contributed by atoms with E-state index in [9.17, 15) is 14.4 Å². The fraction of sp³-hybridized carbons (Fsp3) is 0.550. The van der Waals surface area contributed by atoms with Crippen molar-refractivity contribution in [2.45, 2.75) is 64.9 Å². The number of hydrogen-bond donors (Lipinski definition) is 0. The number of ether oxygens (including phenoxy) is 1. The van der Waals surface area contributed by atoms with Gasteiger partial charge in [0.25, 0.3) is 0 Å². The molecule has 1 saturated carbocycles. The molecule has 4 heteroatoms. The number of hydrogen-bond acceptors (Lipinski definition) is 4. The van der Waals surface area contributed by atoms with E-state index in [2.05, 4.69) is 0 Å². The van der Waals surface area contributed by atoms with E-state index in [1.165, 1.54) is 6.92 Å². The number of carbonyl (C=O) groups is 3. The predicted octanol–water partition coefficient (Wildman–Crippen LogP) is 3.83. The normalized spacial score (nSPS) is 22.2. The molecule has 1 aliphatic rings. The lowest BCUT2D eigenvalue weighted by atomic mass is 9.68. The molecule has 0 spiro atoms. The van der Waals surface area contributed by atoms with Gasteiger partial charge in [-0.15, -0.1) is 0 Å². The summed E-state index contributed by atoms with van der Waals surface area (Å²) < 4.78 is 5.61. The molecule has 1 unspecified atom stereocenters. The zero-order valence-corrected chi connectivity index (χ0v) is 14.9. The van der Waals surface area contributed by atoms with Crippen LogP contribution in [-0.4, -0.2) is 23.1 Å². The van der Waals surface area contributed by atoms with Crippen LogP contribution in [0.4, 0.5) is 0 Å². The minimum Gasteiger partial charge on any atom is -0.459 e. The van der Waals surface area contributed by atoms with E-state index in [1.807, 2.05) is 30.3 Å². The highest BCUT2D eigenvalue weighted by atomic mass is 16.6. The van der Waals surface area contributed by atoms with Crippen molar-refractivity contribution in [3.63, 3.8) is 0 Å². The second-order valence-electron chi connectivity index (χ2n) is 7.62. The largest absolute Gasteiger partial charge is 0.459 e. The summed E-state index contributed by atoms with van der Waals surface area (Å²) in [6.45, 7) is 6.87. The average Bonchev–Trinajstić information content (AvgIpc) is 2.86. The zero-order valence-electron chi connectivity index (χ0n) is 14.9. The lowest BCUT2D eigenvalue weighted by Crippen LogP contribution is -2.45. The number of carbonyl (C=O) groups excluding carboxylic acids is 3. The van der Waals surface area contributed by atoms with Gasteiger partial charge in [0.05, 0.1) is 0 Å². The van der Waals surface area contributed by atoms with Crippen molar-refractivity contribution in [3.05, 3.63) is 35.9 Å². The average molecular weight is 330 g/mol. The van der Waals surface area contributed by atoms with Crippen molar-refractivity contribution in [2.24, 2.45) is 5.41 Å². The summed E-state index contributed by atoms with van der Waals surface area (Å²) in [5.41, 5.74) is -1.08. The van der Waals surface area contributed by atoms with Crippen molar-refractivity contribution in [2.75, 3.05) is 0 Å². The van der Waals surface area contributed by atoms with Crippen LogP contribution in [0.3, 0.4) is 0 Å². The molecule has 0 heterocycles. The molecule has 0 N–H and O–H groups in total. The monoisotopic (exact) mass is 330 g/mol. The fourth-order valence-electron chi connectivity index (χ4n) is 3.54. The molecule has 2 rings (SSSR count). The van der Waals surface area contributed by atoms with E-state index in [4.69, 9.17) is 4.74 Å². The Kier molecular flexibility index (Phi) is 5.26. The van der Waals surface area contributed by atoms with Gasteiger partial charge in [0.2, 0.25) is 0 Å². The Morgan fingerprint density at radius 3 is 2.29 bits per heavy atom. The van der Waals surface area contributed by atoms with Gasteiger partial charge in [-0.1, -0.05) is 30.3 Å². The molecule has 4 nitrogen and oxygen atoms in total. The zero-order chi connectivity index (χ0) is 18.0. The van der Waals surface area contributed by atoms with Crippen LogP contribution in [0.1, 0.15) is 64.9 Å². The van der Waals surface area contributed by atoms with Crippen LogP contribution < -0.4 is 0 Å². The molecule has 0 amide bonds. The van der Waals surface area contributed by atoms with Gasteiger partial charge in [0.15, 0.2) is 5.78 Å². The van der Waals surface area contributed by atoms with Gasteiger partial charge in [0, 0.05) is 18.8 Å². The van der Waals surface area contributed by atoms with Gasteiger partial charge in [-0.2, -0.15) is 0 Å². The molecule has 0 saturated heterocycles. The predicted molar refractivity (Wildman–Crippen MR) is 91.6 cm³/mol. The number of ketones is 2. The van der Waals surface area contributed by atoms with E-state index in [0.29, 0.717) is 19.3 Å². The van der Waals surface area contributed by atoms with Gasteiger partial charge >= 0.3 is 5.97 Å². The third-order valence-corrected chi connectivity index (χ3v) is 4.52. The lowest BCUT2D eigenvalue weighted by Gasteiger charge is -2.36. The minimum atomic E-state index is -1.25. The molecule has 0 bridgehead atoms. The Balaban J connectivity index is 2.52. The van der Waals surface area contributed by atoms with Gasteiger partial charge < -0.3 is 9.53 Å². The molecule has 1 aliphatic carbocycles. The molecule has 1 aromatic rings. The Morgan fingerprint density at radius 2 is 1.83 bits per heavy atom. The fourth-order valence-corrected chi connectivity index (χ4v) is 3.54. The second kappa shape index (κ2) is 6.88. The number of rotatable bonds is 5. The molecule has 0 aromatic heterocycles. The molecule has 0 aliphatic heterocycles. The van der Waals surface area contributed by atoms with E-state index in [0.717, 1.165) is 5.56 Å². The summed E-state index contributed by atoms with van der Waals surface area (Å²) in [7, 11) is 0. The Bertz CT molecular complexity index is 627. The van der Waals surface area contributed by atoms with Crippen LogP contribution in [0.2, 0.25) is 0 Å². The third kappa shape index (κ3) is 3.74. The first-order chi connectivity index (χ1) is 11.2. The first kappa shape index (κ1) is 18.4. The van der Waals surface area contributed by atoms with E-state index < -0.39 is 22.9 Å². The summed E-state index contributed by atoms with van der Waals surface area (Å²) in [6, 6.07) is 9.37. The Hall–Kier alpha value is -1.97. The maximum Gasteiger partial charge on any atom is 0.320 e. The van der Waals surface area contributed by atoms with Crippen LogP contribution in [0.15, 0.2) is 30.3 Å². The van der Waals surface area contributed by atoms with Gasteiger partial charge in [0.1, 0.15) is 16.8 Å². The molecule has 2 atom stereocenters. The smallest absolute Gasteiger partial charge is 0.320 e. The van der Waals surface area contributed by atoms with Crippen molar-refractivity contribution < 1.29 is 19.1 Å². The summed E-state index contributed by atoms with van der Waals surface area (Å²) in [5.74, 6) is -1.10. The van der Waals surface area contributed by atoms with Crippen LogP contribution >= 0.6 is 0 Å². The topological polar surface area (TPSA) is 60.4 Å². The molecule has 1 fully saturated rings. The molecule has 24 heavy (non-hydrogen) atoms. The molecular weight excluding hydrogens is 304 g/mol. The quantitative estimate of drug-likeness (QED) is 0.608. The van der Waals surface area contributed by atoms with Gasteiger partial charge in [-0.3, -0.25) is 9.59 Å². The maximum absolute atomic E-state index is 13.0. The number of Topliss-reactive ketones (excluding diaryl/α,β-unsaturated/α-hetero) is 2. The summed E-state index contributed by atoms with van der Waals surface area (Å²) >= 11 is 0. The first-order valence-electron chi connectivity index (χ1n) is 8.48. The minimum absolute atomic E-state index is 0.0357. The standard InChI is InChI=1S/C20H26O4/c1-14(21)13-16(15-9-6-5-7-10-15)20(12-8-11-17(20)22)18(23)24-19(2,3)4/h5-7,9-10,16H,8,11-13H2,1-4H3/t16?,20-/m1/s1. The Morgan fingerprint density at radius 1 is 1.21 bits per heavy atom. The van der Waals surface area contributed by atoms with Crippen molar-refractivity contribution >= 4 is 17.5 Å². The highest BCUT2D eigenvalue weighted by Crippen LogP contribution is 2.49. The molecule has 130 valence electrons. The molecular formula is C20H26O4. The maximum atomic E-state index is 13.0. The number of esters is 1. The summed E-state index contributed by atoms with van der Waals surface area (Å²) in [6.07, 6.45) is 1.61. The van der Waals surface area contributed by atoms with Crippen molar-refractivity contribution in [1.82, 2.24) is 0 Å². The van der Waals surface area contributed by atoms with Crippen LogP contribution in [-0.2, 0) is 19.1 Å². The van der Waals surface area contributed by atoms with E-state index in [1.54, 1.807) is 20.8 Å². The second-order valence-corrected chi connectivity index (χ2v) is 7.62. The van der Waals surface area contributed by atoms with E-state index >= 15 is 0 Å². The summed E-state index contributed by atoms with van der Waals surface area (Å²) in [4.78, 5) is 37.7. The Labute approximate surface area is 143 Å². The van der Waals surface area contributed by atoms with Gasteiger partial charge in [-0.05, 0) is 46.1 Å². The first-order valence-corrected chi connectivity index (χ1v) is 8.48. The highest BCUT2D eigenvalue weighted by Gasteiger charge is 2.56. The highest BCUT2D eigenvalue weighted by molar-refractivity contribution is 6.07. The van der Waals surface area contributed by atoms with Crippen molar-refractivity contribution in [1.29, 1.82) is 0 Å². The molecule has 0 radical (unpaired) electrons. The molecule has 1 aromatic carbocycles. The van der Waals surface area contributed by atoms with Crippen LogP contribution in [0.5, 0.6) is 0 Å². The SMILES string of the molecule is CC(=O)CC(c1ccccc1)[C@]1(C(=O)OC(C)(C)C)CCCC1=O. The van der Waals surface area contributed by atoms with E-state index in [-0.39, 0.29) is 18.0 Å². The van der Waals surface area contributed by atoms with Crippen LogP contribution in [0, 0.1) is 5.41 Å². The third-order valence-electron chi connectivity index (χ3n) is 4.52.